The van der Waals surface area contributed by atoms with E-state index in [0.717, 1.165) is 0 Å². The molecule has 4 nitrogen and oxygen atoms in total. The van der Waals surface area contributed by atoms with Crippen LogP contribution < -0.4 is 0 Å². The molecule has 0 aliphatic heterocycles. The summed E-state index contributed by atoms with van der Waals surface area (Å²) in [7, 11) is -3.91. The lowest BCUT2D eigenvalue weighted by molar-refractivity contribution is -0.928. The van der Waals surface area contributed by atoms with Crippen LogP contribution in [0.15, 0.2) is 0 Å². The third-order valence-electron chi connectivity index (χ3n) is 3.15. The van der Waals surface area contributed by atoms with Gasteiger partial charge in [-0.15, -0.1) is 0 Å². The van der Waals surface area contributed by atoms with Crippen molar-refractivity contribution in [2.24, 2.45) is 0 Å². The summed E-state index contributed by atoms with van der Waals surface area (Å²) in [6, 6.07) is 0. The number of hydrogen-bond acceptors (Lipinski definition) is 3. The van der Waals surface area contributed by atoms with Crippen molar-refractivity contribution in [1.29, 1.82) is 0 Å². The molecule has 0 saturated carbocycles. The van der Waals surface area contributed by atoms with Gasteiger partial charge in [-0.1, -0.05) is 34.6 Å². The molecule has 0 rings (SSSR count). The van der Waals surface area contributed by atoms with E-state index in [9.17, 15) is 13.0 Å². The van der Waals surface area contributed by atoms with Crippen molar-refractivity contribution in [3.63, 3.8) is 0 Å². The van der Waals surface area contributed by atoms with Gasteiger partial charge in [0.05, 0.1) is 36.3 Å². The Hall–Kier alpha value is -0.130. The van der Waals surface area contributed by atoms with Crippen LogP contribution in [0.4, 0.5) is 0 Å². The van der Waals surface area contributed by atoms with Gasteiger partial charge >= 0.3 is 0 Å². The molecule has 19 heavy (non-hydrogen) atoms. The summed E-state index contributed by atoms with van der Waals surface area (Å²) in [6.45, 7) is 16.1. The summed E-state index contributed by atoms with van der Waals surface area (Å²) in [5.41, 5.74) is 0. The third kappa shape index (κ3) is 12.6. The maximum atomic E-state index is 9.44. The Morgan fingerprint density at radius 3 is 1.05 bits per heavy atom. The Balaban J connectivity index is 0. The summed E-state index contributed by atoms with van der Waals surface area (Å²) in [5, 5.41) is 0. The predicted molar refractivity (Wildman–Crippen MR) is 81.1 cm³/mol. The lowest BCUT2D eigenvalue weighted by atomic mass is 10.2. The number of nitrogens with zero attached hydrogens (tertiary/aromatic N) is 1. The number of hydrogen-bond donors (Lipinski definition) is 0. The zero-order valence-corrected chi connectivity index (χ0v) is 14.3. The van der Waals surface area contributed by atoms with E-state index in [-0.39, 0.29) is 5.75 Å². The fourth-order valence-corrected chi connectivity index (χ4v) is 2.57. The smallest absolute Gasteiger partial charge is 0.0943 e. The van der Waals surface area contributed by atoms with Crippen molar-refractivity contribution >= 4 is 10.1 Å². The van der Waals surface area contributed by atoms with Crippen molar-refractivity contribution in [2.75, 3.05) is 31.9 Å². The Kier molecular flexibility index (Phi) is 13.0. The van der Waals surface area contributed by atoms with E-state index in [1.54, 1.807) is 0 Å². The number of rotatable bonds is 9. The lowest BCUT2D eigenvalue weighted by Gasteiger charge is -2.38. The van der Waals surface area contributed by atoms with Gasteiger partial charge in [0.1, 0.15) is 0 Å². The molecule has 0 amide bonds. The van der Waals surface area contributed by atoms with E-state index in [4.69, 9.17) is 0 Å². The Morgan fingerprint density at radius 1 is 0.737 bits per heavy atom. The van der Waals surface area contributed by atoms with Crippen LogP contribution in [-0.2, 0) is 10.1 Å². The van der Waals surface area contributed by atoms with Gasteiger partial charge in [0.25, 0.3) is 0 Å². The van der Waals surface area contributed by atoms with E-state index in [2.05, 4.69) is 27.7 Å². The van der Waals surface area contributed by atoms with Gasteiger partial charge in [-0.3, -0.25) is 0 Å². The quantitative estimate of drug-likeness (QED) is 0.485. The van der Waals surface area contributed by atoms with Gasteiger partial charge in [-0.05, 0) is 25.7 Å². The van der Waals surface area contributed by atoms with Gasteiger partial charge in [0.2, 0.25) is 0 Å². The predicted octanol–water partition coefficient (Wildman–Crippen LogP) is 2.99. The van der Waals surface area contributed by atoms with Crippen molar-refractivity contribution in [3.8, 4) is 0 Å². The van der Waals surface area contributed by atoms with Gasteiger partial charge in [0.15, 0.2) is 0 Å². The highest BCUT2D eigenvalue weighted by molar-refractivity contribution is 7.85. The first-order valence-electron chi connectivity index (χ1n) is 7.59. The SMILES string of the molecule is CCC[N+](CCC)(CCC)CCC.CCS(=O)(=O)[O-]. The molecular weight excluding hydrogens is 262 g/mol. The minimum absolute atomic E-state index is 0.312. The van der Waals surface area contributed by atoms with Crippen molar-refractivity contribution in [2.45, 2.75) is 60.3 Å². The molecule has 0 aliphatic rings. The van der Waals surface area contributed by atoms with E-state index >= 15 is 0 Å². The molecule has 0 aliphatic carbocycles. The molecule has 0 bridgehead atoms. The molecule has 0 aromatic heterocycles. The fourth-order valence-electron chi connectivity index (χ4n) is 2.57. The molecule has 0 saturated heterocycles. The second-order valence-corrected chi connectivity index (χ2v) is 6.78. The highest BCUT2D eigenvalue weighted by Crippen LogP contribution is 2.12. The average molecular weight is 295 g/mol. The Morgan fingerprint density at radius 2 is 0.947 bits per heavy atom. The standard InChI is InChI=1S/C12H28N.C2H6O3S/c1-5-9-13(10-6-2,11-7-3)12-8-4;1-2-6(3,4)5/h5-12H2,1-4H3;2H2,1H3,(H,3,4,5)/q+1;/p-1. The highest BCUT2D eigenvalue weighted by atomic mass is 32.2. The van der Waals surface area contributed by atoms with Crippen LogP contribution in [0.25, 0.3) is 0 Å². The maximum absolute atomic E-state index is 9.44. The lowest BCUT2D eigenvalue weighted by Crippen LogP contribution is -2.50. The van der Waals surface area contributed by atoms with Crippen LogP contribution in [0, 0.1) is 0 Å². The minimum atomic E-state index is -3.91. The second kappa shape index (κ2) is 11.7. The van der Waals surface area contributed by atoms with E-state index in [1.807, 2.05) is 0 Å². The molecule has 0 N–H and O–H groups in total. The summed E-state index contributed by atoms with van der Waals surface area (Å²) >= 11 is 0. The first kappa shape index (κ1) is 21.2. The zero-order valence-electron chi connectivity index (χ0n) is 13.4. The molecule has 0 heterocycles. The largest absolute Gasteiger partial charge is 0.748 e. The van der Waals surface area contributed by atoms with Gasteiger partial charge in [-0.25, -0.2) is 8.42 Å². The molecule has 0 unspecified atom stereocenters. The molecule has 5 heteroatoms. The first-order chi connectivity index (χ1) is 8.80. The van der Waals surface area contributed by atoms with Crippen LogP contribution in [-0.4, -0.2) is 49.4 Å². The molecule has 0 radical (unpaired) electrons. The Bertz CT molecular complexity index is 260. The second-order valence-electron chi connectivity index (χ2n) is 5.08. The summed E-state index contributed by atoms with van der Waals surface area (Å²) < 4.78 is 29.7. The number of quaternary nitrogens is 1. The van der Waals surface area contributed by atoms with Crippen molar-refractivity contribution in [3.05, 3.63) is 0 Å². The topological polar surface area (TPSA) is 57.2 Å². The minimum Gasteiger partial charge on any atom is -0.748 e. The molecule has 0 aromatic rings. The summed E-state index contributed by atoms with van der Waals surface area (Å²) in [6.07, 6.45) is 5.33. The third-order valence-corrected chi connectivity index (χ3v) is 3.85. The van der Waals surface area contributed by atoms with Crippen LogP contribution in [0.3, 0.4) is 0 Å². The molecule has 0 spiro atoms. The van der Waals surface area contributed by atoms with E-state index in [1.165, 1.54) is 63.3 Å². The highest BCUT2D eigenvalue weighted by Gasteiger charge is 2.22. The molecule has 0 fully saturated rings. The van der Waals surface area contributed by atoms with Crippen LogP contribution >= 0.6 is 0 Å². The first-order valence-corrected chi connectivity index (χ1v) is 9.17. The Labute approximate surface area is 120 Å². The van der Waals surface area contributed by atoms with E-state index < -0.39 is 10.1 Å². The molecule has 0 aromatic carbocycles. The monoisotopic (exact) mass is 295 g/mol. The fraction of sp³-hybridized carbons (Fsp3) is 1.00. The van der Waals surface area contributed by atoms with Gasteiger partial charge < -0.3 is 9.04 Å². The van der Waals surface area contributed by atoms with E-state index in [0.29, 0.717) is 0 Å². The normalized spacial score (nSPS) is 11.9. The van der Waals surface area contributed by atoms with Crippen molar-refractivity contribution < 1.29 is 17.5 Å². The van der Waals surface area contributed by atoms with Crippen LogP contribution in [0.1, 0.15) is 60.3 Å². The van der Waals surface area contributed by atoms with Crippen molar-refractivity contribution in [1.82, 2.24) is 0 Å². The molecular formula is C14H33NO3S. The molecule has 0 atom stereocenters. The van der Waals surface area contributed by atoms with Crippen LogP contribution in [0.2, 0.25) is 0 Å². The summed E-state index contributed by atoms with van der Waals surface area (Å²) in [5.74, 6) is -0.312. The zero-order chi connectivity index (χ0) is 15.4. The summed E-state index contributed by atoms with van der Waals surface area (Å²) in [4.78, 5) is 0. The van der Waals surface area contributed by atoms with Gasteiger partial charge in [0, 0.05) is 5.75 Å². The molecule has 118 valence electrons. The van der Waals surface area contributed by atoms with Crippen LogP contribution in [0.5, 0.6) is 0 Å². The van der Waals surface area contributed by atoms with Gasteiger partial charge in [-0.2, -0.15) is 0 Å². The maximum Gasteiger partial charge on any atom is 0.0943 e. The average Bonchev–Trinajstić information content (AvgIpc) is 2.30.